The van der Waals surface area contributed by atoms with Crippen molar-refractivity contribution >= 4 is 0 Å². The predicted molar refractivity (Wildman–Crippen MR) is 55.2 cm³/mol. The average Bonchev–Trinajstić information content (AvgIpc) is 2.16. The lowest BCUT2D eigenvalue weighted by atomic mass is 9.94. The molecule has 13 heavy (non-hydrogen) atoms. The van der Waals surface area contributed by atoms with Gasteiger partial charge in [-0.1, -0.05) is 11.6 Å². The van der Waals surface area contributed by atoms with Crippen LogP contribution in [0.5, 0.6) is 0 Å². The van der Waals surface area contributed by atoms with E-state index in [2.05, 4.69) is 12.0 Å². The first-order chi connectivity index (χ1) is 6.33. The van der Waals surface area contributed by atoms with Gasteiger partial charge in [-0.3, -0.25) is 0 Å². The van der Waals surface area contributed by atoms with Crippen molar-refractivity contribution in [2.45, 2.75) is 51.0 Å². The summed E-state index contributed by atoms with van der Waals surface area (Å²) in [5.74, 6) is 2.56. The molecule has 1 rings (SSSR count). The number of allylic oxidation sites excluding steroid dienone is 1. The summed E-state index contributed by atoms with van der Waals surface area (Å²) in [4.78, 5) is 0. The van der Waals surface area contributed by atoms with Gasteiger partial charge in [0, 0.05) is 6.42 Å². The van der Waals surface area contributed by atoms with Gasteiger partial charge in [0.2, 0.25) is 0 Å². The van der Waals surface area contributed by atoms with Gasteiger partial charge in [0.25, 0.3) is 0 Å². The van der Waals surface area contributed by atoms with Gasteiger partial charge in [0.15, 0.2) is 0 Å². The number of terminal acetylenes is 1. The molecule has 72 valence electrons. The van der Waals surface area contributed by atoms with Gasteiger partial charge < -0.3 is 5.11 Å². The molecule has 0 saturated heterocycles. The van der Waals surface area contributed by atoms with Gasteiger partial charge in [-0.2, -0.15) is 0 Å². The highest BCUT2D eigenvalue weighted by Gasteiger charge is 2.09. The zero-order valence-electron chi connectivity index (χ0n) is 8.13. The smallest absolute Gasteiger partial charge is 0.0586 e. The molecular weight excluding hydrogens is 160 g/mol. The highest BCUT2D eigenvalue weighted by atomic mass is 16.3. The quantitative estimate of drug-likeness (QED) is 0.518. The Bertz CT molecular complexity index is 210. The van der Waals surface area contributed by atoms with Gasteiger partial charge in [0.05, 0.1) is 6.10 Å². The summed E-state index contributed by atoms with van der Waals surface area (Å²) in [5, 5.41) is 9.60. The van der Waals surface area contributed by atoms with E-state index in [1.807, 2.05) is 0 Å². The first kappa shape index (κ1) is 10.3. The summed E-state index contributed by atoms with van der Waals surface area (Å²) in [6, 6.07) is 0. The van der Waals surface area contributed by atoms with E-state index in [1.165, 1.54) is 31.3 Å². The third-order valence-corrected chi connectivity index (χ3v) is 2.50. The Morgan fingerprint density at radius 3 is 3.00 bits per heavy atom. The predicted octanol–water partition coefficient (Wildman–Crippen LogP) is 2.65. The minimum Gasteiger partial charge on any atom is -0.393 e. The Morgan fingerprint density at radius 1 is 1.54 bits per heavy atom. The fraction of sp³-hybridized carbons (Fsp3) is 0.667. The minimum absolute atomic E-state index is 0.222. The maximum Gasteiger partial charge on any atom is 0.0586 e. The van der Waals surface area contributed by atoms with Crippen molar-refractivity contribution in [3.8, 4) is 12.3 Å². The van der Waals surface area contributed by atoms with Gasteiger partial charge in [-0.15, -0.1) is 12.3 Å². The Balaban J connectivity index is 2.23. The first-order valence-electron chi connectivity index (χ1n) is 5.12. The Labute approximate surface area is 80.9 Å². The molecule has 1 N–H and O–H groups in total. The highest BCUT2D eigenvalue weighted by Crippen LogP contribution is 2.22. The lowest BCUT2D eigenvalue weighted by Crippen LogP contribution is -2.08. The van der Waals surface area contributed by atoms with Crippen LogP contribution in [0.3, 0.4) is 0 Å². The van der Waals surface area contributed by atoms with E-state index in [-0.39, 0.29) is 6.10 Å². The van der Waals surface area contributed by atoms with Crippen molar-refractivity contribution in [3.63, 3.8) is 0 Å². The van der Waals surface area contributed by atoms with E-state index in [0.717, 1.165) is 12.8 Å². The van der Waals surface area contributed by atoms with Crippen LogP contribution in [0.4, 0.5) is 0 Å². The SMILES string of the molecule is C#CCCC(O)CC1=CCCCC1. The van der Waals surface area contributed by atoms with Crippen LogP contribution in [-0.4, -0.2) is 11.2 Å². The highest BCUT2D eigenvalue weighted by molar-refractivity contribution is 5.06. The Hall–Kier alpha value is -0.740. The molecule has 1 nitrogen and oxygen atoms in total. The molecule has 0 aromatic carbocycles. The van der Waals surface area contributed by atoms with E-state index in [4.69, 9.17) is 6.42 Å². The van der Waals surface area contributed by atoms with Gasteiger partial charge in [-0.25, -0.2) is 0 Å². The van der Waals surface area contributed by atoms with E-state index in [9.17, 15) is 5.11 Å². The van der Waals surface area contributed by atoms with E-state index in [1.54, 1.807) is 0 Å². The van der Waals surface area contributed by atoms with Gasteiger partial charge in [-0.05, 0) is 38.5 Å². The van der Waals surface area contributed by atoms with Crippen molar-refractivity contribution in [1.82, 2.24) is 0 Å². The second-order valence-corrected chi connectivity index (χ2v) is 3.71. The summed E-state index contributed by atoms with van der Waals surface area (Å²) in [6.45, 7) is 0. The van der Waals surface area contributed by atoms with Crippen LogP contribution < -0.4 is 0 Å². The van der Waals surface area contributed by atoms with E-state index < -0.39 is 0 Å². The summed E-state index contributed by atoms with van der Waals surface area (Å²) >= 11 is 0. The van der Waals surface area contributed by atoms with Crippen molar-refractivity contribution in [2.75, 3.05) is 0 Å². The molecule has 0 aromatic heterocycles. The number of hydrogen-bond acceptors (Lipinski definition) is 1. The Kier molecular flexibility index (Phi) is 4.64. The van der Waals surface area contributed by atoms with Crippen LogP contribution in [0.2, 0.25) is 0 Å². The molecular formula is C12H18O. The molecule has 0 heterocycles. The molecule has 0 amide bonds. The molecule has 0 fully saturated rings. The topological polar surface area (TPSA) is 20.2 Å². The molecule has 1 aliphatic rings. The molecule has 1 heteroatoms. The maximum absolute atomic E-state index is 9.60. The normalized spacial score (nSPS) is 18.9. The fourth-order valence-corrected chi connectivity index (χ4v) is 1.74. The maximum atomic E-state index is 9.60. The van der Waals surface area contributed by atoms with Gasteiger partial charge >= 0.3 is 0 Å². The monoisotopic (exact) mass is 178 g/mol. The van der Waals surface area contributed by atoms with Gasteiger partial charge in [0.1, 0.15) is 0 Å². The number of aliphatic hydroxyl groups is 1. The Morgan fingerprint density at radius 2 is 2.38 bits per heavy atom. The third kappa shape index (κ3) is 4.15. The van der Waals surface area contributed by atoms with Crippen molar-refractivity contribution in [3.05, 3.63) is 11.6 Å². The van der Waals surface area contributed by atoms with Crippen LogP contribution in [0.15, 0.2) is 11.6 Å². The van der Waals surface area contributed by atoms with E-state index in [0.29, 0.717) is 6.42 Å². The molecule has 0 bridgehead atoms. The lowest BCUT2D eigenvalue weighted by molar-refractivity contribution is 0.165. The molecule has 1 atom stereocenters. The summed E-state index contributed by atoms with van der Waals surface area (Å²) in [7, 11) is 0. The average molecular weight is 178 g/mol. The lowest BCUT2D eigenvalue weighted by Gasteiger charge is -2.15. The second-order valence-electron chi connectivity index (χ2n) is 3.71. The number of hydrogen-bond donors (Lipinski definition) is 1. The molecule has 1 unspecified atom stereocenters. The van der Waals surface area contributed by atoms with Crippen molar-refractivity contribution in [1.29, 1.82) is 0 Å². The number of rotatable bonds is 4. The summed E-state index contributed by atoms with van der Waals surface area (Å²) in [5.41, 5.74) is 1.43. The molecule has 0 aliphatic heterocycles. The largest absolute Gasteiger partial charge is 0.393 e. The van der Waals surface area contributed by atoms with Crippen LogP contribution in [-0.2, 0) is 0 Å². The molecule has 0 spiro atoms. The standard InChI is InChI=1S/C12H18O/c1-2-3-9-12(13)10-11-7-5-4-6-8-11/h1,7,12-13H,3-6,8-10H2. The zero-order valence-corrected chi connectivity index (χ0v) is 8.13. The van der Waals surface area contributed by atoms with Crippen LogP contribution in [0, 0.1) is 12.3 Å². The molecule has 0 radical (unpaired) electrons. The fourth-order valence-electron chi connectivity index (χ4n) is 1.74. The second kappa shape index (κ2) is 5.83. The third-order valence-electron chi connectivity index (χ3n) is 2.50. The first-order valence-corrected chi connectivity index (χ1v) is 5.12. The van der Waals surface area contributed by atoms with Crippen molar-refractivity contribution < 1.29 is 5.11 Å². The van der Waals surface area contributed by atoms with Crippen LogP contribution in [0.25, 0.3) is 0 Å². The number of aliphatic hydroxyl groups excluding tert-OH is 1. The van der Waals surface area contributed by atoms with Crippen molar-refractivity contribution in [2.24, 2.45) is 0 Å². The van der Waals surface area contributed by atoms with Crippen LogP contribution in [0.1, 0.15) is 44.9 Å². The zero-order chi connectivity index (χ0) is 9.52. The summed E-state index contributed by atoms with van der Waals surface area (Å²) in [6.07, 6.45) is 14.4. The van der Waals surface area contributed by atoms with Crippen LogP contribution >= 0.6 is 0 Å². The molecule has 1 aliphatic carbocycles. The molecule has 0 saturated carbocycles. The summed E-state index contributed by atoms with van der Waals surface area (Å²) < 4.78 is 0. The molecule has 0 aromatic rings. The minimum atomic E-state index is -0.222. The van der Waals surface area contributed by atoms with E-state index >= 15 is 0 Å².